The van der Waals surface area contributed by atoms with Crippen LogP contribution in [0.1, 0.15) is 24.0 Å². The Morgan fingerprint density at radius 1 is 1.00 bits per heavy atom. The van der Waals surface area contributed by atoms with E-state index in [0.717, 1.165) is 30.6 Å². The number of methoxy groups -OCH3 is 1. The lowest BCUT2D eigenvalue weighted by Crippen LogP contribution is -2.39. The molecule has 0 bridgehead atoms. The Bertz CT molecular complexity index is 816. The molecule has 0 heterocycles. The summed E-state index contributed by atoms with van der Waals surface area (Å²) >= 11 is 0. The van der Waals surface area contributed by atoms with Crippen molar-refractivity contribution in [3.8, 4) is 5.75 Å². The number of hydrogen-bond donors (Lipinski definition) is 2. The lowest BCUT2D eigenvalue weighted by atomic mass is 10.1. The zero-order valence-electron chi connectivity index (χ0n) is 15.0. The lowest BCUT2D eigenvalue weighted by Gasteiger charge is -2.09. The number of unbranched alkanes of at least 4 members (excludes halogenated alkanes) is 1. The molecule has 6 nitrogen and oxygen atoms in total. The largest absolute Gasteiger partial charge is 0.497 e. The van der Waals surface area contributed by atoms with Crippen molar-refractivity contribution in [3.05, 3.63) is 59.7 Å². The van der Waals surface area contributed by atoms with E-state index >= 15 is 0 Å². The van der Waals surface area contributed by atoms with Gasteiger partial charge in [-0.15, -0.1) is 0 Å². The van der Waals surface area contributed by atoms with Crippen LogP contribution in [0.5, 0.6) is 5.75 Å². The van der Waals surface area contributed by atoms with E-state index in [4.69, 9.17) is 4.74 Å². The fourth-order valence-electron chi connectivity index (χ4n) is 2.38. The molecule has 2 N–H and O–H groups in total. The number of carbonyl (C=O) groups is 1. The number of carbonyl (C=O) groups excluding carboxylic acids is 1. The highest BCUT2D eigenvalue weighted by atomic mass is 32.2. The third-order valence-electron chi connectivity index (χ3n) is 3.90. The van der Waals surface area contributed by atoms with E-state index in [1.807, 2.05) is 35.9 Å². The quantitative estimate of drug-likeness (QED) is 0.694. The highest BCUT2D eigenvalue weighted by Gasteiger charge is 2.16. The van der Waals surface area contributed by atoms with Crippen LogP contribution in [0.4, 0.5) is 4.79 Å². The molecule has 2 rings (SSSR count). The van der Waals surface area contributed by atoms with Crippen LogP contribution in [0, 0.1) is 6.92 Å². The summed E-state index contributed by atoms with van der Waals surface area (Å²) in [5.41, 5.74) is 2.14. The van der Waals surface area contributed by atoms with E-state index < -0.39 is 16.1 Å². The maximum Gasteiger partial charge on any atom is 0.328 e. The van der Waals surface area contributed by atoms with Crippen molar-refractivity contribution in [1.82, 2.24) is 10.0 Å². The molecule has 0 aliphatic heterocycles. The summed E-state index contributed by atoms with van der Waals surface area (Å²) in [7, 11) is -2.21. The van der Waals surface area contributed by atoms with Crippen molar-refractivity contribution in [2.45, 2.75) is 31.1 Å². The maximum absolute atomic E-state index is 12.1. The molecule has 0 saturated heterocycles. The molecule has 0 aliphatic rings. The fourth-order valence-corrected chi connectivity index (χ4v) is 3.31. The number of hydrogen-bond acceptors (Lipinski definition) is 4. The van der Waals surface area contributed by atoms with Crippen molar-refractivity contribution in [2.75, 3.05) is 13.7 Å². The molecule has 2 amide bonds. The summed E-state index contributed by atoms with van der Waals surface area (Å²) in [5, 5.41) is 2.58. The highest BCUT2D eigenvalue weighted by Crippen LogP contribution is 2.13. The topological polar surface area (TPSA) is 84.5 Å². The normalized spacial score (nSPS) is 11.0. The molecule has 26 heavy (non-hydrogen) atoms. The van der Waals surface area contributed by atoms with Crippen LogP contribution in [0.2, 0.25) is 0 Å². The predicted molar refractivity (Wildman–Crippen MR) is 101 cm³/mol. The van der Waals surface area contributed by atoms with E-state index in [2.05, 4.69) is 5.32 Å². The van der Waals surface area contributed by atoms with Crippen LogP contribution in [0.15, 0.2) is 53.4 Å². The van der Waals surface area contributed by atoms with Gasteiger partial charge in [-0.3, -0.25) is 0 Å². The first-order valence-electron chi connectivity index (χ1n) is 8.41. The second kappa shape index (κ2) is 9.24. The Balaban J connectivity index is 1.70. The van der Waals surface area contributed by atoms with Crippen molar-refractivity contribution in [2.24, 2.45) is 0 Å². The molecule has 0 radical (unpaired) electrons. The third kappa shape index (κ3) is 6.07. The van der Waals surface area contributed by atoms with Gasteiger partial charge in [-0.25, -0.2) is 17.9 Å². The van der Waals surface area contributed by atoms with E-state index in [9.17, 15) is 13.2 Å². The van der Waals surface area contributed by atoms with Gasteiger partial charge in [0.2, 0.25) is 0 Å². The minimum atomic E-state index is -3.84. The molecular weight excluding hydrogens is 352 g/mol. The number of aryl methyl sites for hydroxylation is 2. The summed E-state index contributed by atoms with van der Waals surface area (Å²) < 4.78 is 31.3. The van der Waals surface area contributed by atoms with E-state index in [0.29, 0.717) is 6.54 Å². The summed E-state index contributed by atoms with van der Waals surface area (Å²) in [6.45, 7) is 2.27. The minimum absolute atomic E-state index is 0.0674. The first-order chi connectivity index (χ1) is 12.4. The summed E-state index contributed by atoms with van der Waals surface area (Å²) in [6, 6.07) is 13.4. The standard InChI is InChI=1S/C19H24N2O4S/c1-15-6-12-18(13-7-15)26(23,24)21-19(22)20-14-4-3-5-16-8-10-17(25-2)11-9-16/h6-13H,3-5,14H2,1-2H3,(H2,20,21,22). The summed E-state index contributed by atoms with van der Waals surface area (Å²) in [6.07, 6.45) is 2.52. The van der Waals surface area contributed by atoms with Crippen LogP contribution in [0.3, 0.4) is 0 Å². The summed E-state index contributed by atoms with van der Waals surface area (Å²) in [5.74, 6) is 0.821. The number of rotatable bonds is 8. The van der Waals surface area contributed by atoms with Crippen LogP contribution in [-0.4, -0.2) is 28.1 Å². The van der Waals surface area contributed by atoms with Crippen molar-refractivity contribution in [3.63, 3.8) is 0 Å². The molecule has 140 valence electrons. The average Bonchev–Trinajstić information content (AvgIpc) is 2.62. The van der Waals surface area contributed by atoms with E-state index in [1.54, 1.807) is 19.2 Å². The Morgan fingerprint density at radius 3 is 2.27 bits per heavy atom. The molecule has 2 aromatic rings. The monoisotopic (exact) mass is 376 g/mol. The molecule has 0 saturated carbocycles. The number of nitrogens with one attached hydrogen (secondary N) is 2. The van der Waals surface area contributed by atoms with Crippen LogP contribution in [0.25, 0.3) is 0 Å². The number of benzene rings is 2. The molecule has 7 heteroatoms. The Kier molecular flexibility index (Phi) is 7.03. The average molecular weight is 376 g/mol. The first-order valence-corrected chi connectivity index (χ1v) is 9.89. The first kappa shape index (κ1) is 19.8. The fraction of sp³-hybridized carbons (Fsp3) is 0.316. The van der Waals surface area contributed by atoms with Crippen molar-refractivity contribution < 1.29 is 17.9 Å². The molecule has 0 aliphatic carbocycles. The molecule has 0 spiro atoms. The van der Waals surface area contributed by atoms with E-state index in [-0.39, 0.29) is 4.90 Å². The van der Waals surface area contributed by atoms with Gasteiger partial charge in [0.1, 0.15) is 5.75 Å². The number of sulfonamides is 1. The Hall–Kier alpha value is -2.54. The minimum Gasteiger partial charge on any atom is -0.497 e. The second-order valence-corrected chi connectivity index (χ2v) is 7.66. The summed E-state index contributed by atoms with van der Waals surface area (Å²) in [4.78, 5) is 11.9. The molecular formula is C19H24N2O4S. The van der Waals surface area contributed by atoms with Gasteiger partial charge in [0.05, 0.1) is 12.0 Å². The highest BCUT2D eigenvalue weighted by molar-refractivity contribution is 7.90. The van der Waals surface area contributed by atoms with Gasteiger partial charge in [-0.2, -0.15) is 0 Å². The van der Waals surface area contributed by atoms with Gasteiger partial charge in [0.25, 0.3) is 10.0 Å². The predicted octanol–water partition coefficient (Wildman–Crippen LogP) is 3.01. The van der Waals surface area contributed by atoms with Gasteiger partial charge in [0, 0.05) is 6.54 Å². The number of urea groups is 1. The third-order valence-corrected chi connectivity index (χ3v) is 5.24. The zero-order valence-corrected chi connectivity index (χ0v) is 15.8. The second-order valence-electron chi connectivity index (χ2n) is 5.98. The Labute approximate surface area is 154 Å². The Morgan fingerprint density at radius 2 is 1.65 bits per heavy atom. The van der Waals surface area contributed by atoms with Gasteiger partial charge >= 0.3 is 6.03 Å². The van der Waals surface area contributed by atoms with Gasteiger partial charge in [-0.1, -0.05) is 29.8 Å². The molecule has 0 aromatic heterocycles. The van der Waals surface area contributed by atoms with Gasteiger partial charge < -0.3 is 10.1 Å². The van der Waals surface area contributed by atoms with E-state index in [1.165, 1.54) is 17.7 Å². The van der Waals surface area contributed by atoms with Crippen molar-refractivity contribution in [1.29, 1.82) is 0 Å². The number of amides is 2. The van der Waals surface area contributed by atoms with Crippen LogP contribution < -0.4 is 14.8 Å². The molecule has 2 aromatic carbocycles. The van der Waals surface area contributed by atoms with Gasteiger partial charge in [-0.05, 0) is 56.0 Å². The molecule has 0 fully saturated rings. The van der Waals surface area contributed by atoms with Crippen molar-refractivity contribution >= 4 is 16.1 Å². The lowest BCUT2D eigenvalue weighted by molar-refractivity contribution is 0.245. The molecule has 0 unspecified atom stereocenters. The SMILES string of the molecule is COc1ccc(CCCCNC(=O)NS(=O)(=O)c2ccc(C)cc2)cc1. The maximum atomic E-state index is 12.1. The number of ether oxygens (including phenoxy) is 1. The van der Waals surface area contributed by atoms with Crippen LogP contribution >= 0.6 is 0 Å². The van der Waals surface area contributed by atoms with Gasteiger partial charge in [0.15, 0.2) is 0 Å². The van der Waals surface area contributed by atoms with Crippen LogP contribution in [-0.2, 0) is 16.4 Å². The zero-order chi connectivity index (χ0) is 19.0. The smallest absolute Gasteiger partial charge is 0.328 e. The molecule has 0 atom stereocenters.